The average molecular weight is 854 g/mol. The molecule has 2 bridgehead atoms. The number of esters is 4. The van der Waals surface area contributed by atoms with Crippen LogP contribution in [0.15, 0.2) is 102 Å². The third-order valence-electron chi connectivity index (χ3n) is 13.5. The van der Waals surface area contributed by atoms with Crippen LogP contribution in [0.2, 0.25) is 0 Å². The first kappa shape index (κ1) is 44.3. The summed E-state index contributed by atoms with van der Waals surface area (Å²) in [6.07, 6.45) is -10.5. The van der Waals surface area contributed by atoms with E-state index in [0.717, 1.165) is 13.8 Å². The van der Waals surface area contributed by atoms with Crippen LogP contribution in [-0.4, -0.2) is 105 Å². The van der Waals surface area contributed by atoms with Gasteiger partial charge in [0, 0.05) is 37.7 Å². The van der Waals surface area contributed by atoms with Crippen LogP contribution in [0.1, 0.15) is 86.7 Å². The number of Topliss-reactive ketones (excluding diaryl/α,β-unsaturated/α-hetero) is 1. The largest absolute Gasteiger partial charge is 0.456 e. The summed E-state index contributed by atoms with van der Waals surface area (Å²) in [5.41, 5.74) is -7.02. The summed E-state index contributed by atoms with van der Waals surface area (Å²) in [6.45, 7) is 7.97. The zero-order chi connectivity index (χ0) is 44.9. The van der Waals surface area contributed by atoms with Crippen molar-refractivity contribution >= 4 is 35.6 Å². The van der Waals surface area contributed by atoms with Crippen LogP contribution in [0.3, 0.4) is 0 Å². The van der Waals surface area contributed by atoms with Gasteiger partial charge in [-0.1, -0.05) is 80.6 Å². The van der Waals surface area contributed by atoms with Gasteiger partial charge in [0.05, 0.1) is 35.6 Å². The van der Waals surface area contributed by atoms with E-state index in [1.54, 1.807) is 92.7 Å². The number of hydrogen-bond acceptors (Lipinski definition) is 14. The number of amides is 1. The number of aliphatic hydroxyl groups is 3. The summed E-state index contributed by atoms with van der Waals surface area (Å²) >= 11 is 0. The van der Waals surface area contributed by atoms with Gasteiger partial charge in [0.1, 0.15) is 23.9 Å². The quantitative estimate of drug-likeness (QED) is 0.130. The maximum absolute atomic E-state index is 15.5. The van der Waals surface area contributed by atoms with Crippen LogP contribution in [0.4, 0.5) is 0 Å². The zero-order valence-corrected chi connectivity index (χ0v) is 35.2. The van der Waals surface area contributed by atoms with E-state index >= 15 is 4.79 Å². The number of carbonyl (C=O) groups excluding carboxylic acids is 6. The Balaban J connectivity index is 1.39. The smallest absolute Gasteiger partial charge is 0.338 e. The molecule has 0 spiro atoms. The van der Waals surface area contributed by atoms with Crippen molar-refractivity contribution in [3.63, 3.8) is 0 Å². The highest BCUT2D eigenvalue weighted by molar-refractivity contribution is 5.96. The minimum absolute atomic E-state index is 0.00289. The van der Waals surface area contributed by atoms with Crippen LogP contribution >= 0.6 is 0 Å². The number of hydrogen-bond donors (Lipinski definition) is 4. The lowest BCUT2D eigenvalue weighted by Crippen LogP contribution is -2.82. The number of ether oxygens (including phenoxy) is 5. The van der Waals surface area contributed by atoms with Crippen molar-refractivity contribution in [2.45, 2.75) is 108 Å². The van der Waals surface area contributed by atoms with E-state index in [1.807, 2.05) is 0 Å². The van der Waals surface area contributed by atoms with Crippen molar-refractivity contribution in [1.82, 2.24) is 5.32 Å². The Bertz CT molecular complexity index is 2280. The lowest BCUT2D eigenvalue weighted by atomic mass is 9.44. The van der Waals surface area contributed by atoms with Gasteiger partial charge in [-0.3, -0.25) is 19.2 Å². The summed E-state index contributed by atoms with van der Waals surface area (Å²) in [4.78, 5) is 83.5. The summed E-state index contributed by atoms with van der Waals surface area (Å²) in [5, 5.41) is 40.2. The van der Waals surface area contributed by atoms with E-state index in [4.69, 9.17) is 23.7 Å². The Labute approximate surface area is 358 Å². The Morgan fingerprint density at radius 3 is 1.95 bits per heavy atom. The Morgan fingerprint density at radius 1 is 0.823 bits per heavy atom. The molecule has 1 heterocycles. The third-order valence-corrected chi connectivity index (χ3v) is 13.5. The fraction of sp³-hybridized carbons (Fsp3) is 0.447. The molecule has 1 saturated heterocycles. The van der Waals surface area contributed by atoms with Crippen LogP contribution in [0.25, 0.3) is 0 Å². The van der Waals surface area contributed by atoms with Crippen molar-refractivity contribution in [3.8, 4) is 0 Å². The first-order chi connectivity index (χ1) is 29.3. The minimum Gasteiger partial charge on any atom is -0.456 e. The van der Waals surface area contributed by atoms with E-state index in [-0.39, 0.29) is 35.3 Å². The maximum atomic E-state index is 15.5. The Hall–Kier alpha value is -5.74. The van der Waals surface area contributed by atoms with Crippen LogP contribution < -0.4 is 5.32 Å². The molecule has 1 aliphatic heterocycles. The number of benzene rings is 3. The molecular formula is C47H51NO14. The lowest BCUT2D eigenvalue weighted by Gasteiger charge is -2.67. The predicted octanol–water partition coefficient (Wildman–Crippen LogP) is 3.74. The molecule has 62 heavy (non-hydrogen) atoms. The molecule has 11 atom stereocenters. The molecule has 3 aromatic carbocycles. The molecule has 3 aliphatic carbocycles. The summed E-state index contributed by atoms with van der Waals surface area (Å²) in [5.74, 6) is -6.84. The van der Waals surface area contributed by atoms with Crippen LogP contribution in [-0.2, 0) is 42.9 Å². The predicted molar refractivity (Wildman–Crippen MR) is 218 cm³/mol. The molecule has 15 heteroatoms. The van der Waals surface area contributed by atoms with Gasteiger partial charge in [-0.05, 0) is 54.8 Å². The number of rotatable bonds is 10. The number of fused-ring (bicyclic) bond motifs is 5. The second-order valence-corrected chi connectivity index (χ2v) is 17.4. The number of carbonyl (C=O) groups is 6. The molecule has 1 amide bonds. The molecular weight excluding hydrogens is 803 g/mol. The molecule has 15 nitrogen and oxygen atoms in total. The van der Waals surface area contributed by atoms with E-state index in [9.17, 15) is 39.3 Å². The van der Waals surface area contributed by atoms with Gasteiger partial charge in [0.25, 0.3) is 5.91 Å². The van der Waals surface area contributed by atoms with E-state index in [2.05, 4.69) is 5.32 Å². The molecule has 328 valence electrons. The highest BCUT2D eigenvalue weighted by Gasteiger charge is 2.78. The fourth-order valence-electron chi connectivity index (χ4n) is 10.2. The number of aliphatic hydroxyl groups excluding tert-OH is 2. The standard InChI is InChI=1S/C47H51NO14/c1-25-31(60-43(56)36(52)35(28-16-10-7-11-17-28)48-41(54)29-18-12-8-13-19-29)23-47(57)40(61-42(55)30-20-14-9-15-21-30)38-45(6,32(51)22-33-46(38,24-58-33)62-27(3)50)39(53)37(59-26(2)49)34(25)44(47,4)5/h7-21,31-33,35-38,40,51-52,57H,22-24H2,1-6H3,(H,48,54)/t31?,32-,33+,35?,36+,37+,38?,40?,45+,46-,47+/m0/s1. The van der Waals surface area contributed by atoms with Crippen molar-refractivity contribution in [3.05, 3.63) is 119 Å². The highest BCUT2D eigenvalue weighted by Crippen LogP contribution is 2.64. The van der Waals surface area contributed by atoms with Crippen LogP contribution in [0.5, 0.6) is 0 Å². The second kappa shape index (κ2) is 16.5. The lowest BCUT2D eigenvalue weighted by molar-refractivity contribution is -0.346. The van der Waals surface area contributed by atoms with Crippen molar-refractivity contribution in [2.75, 3.05) is 6.61 Å². The fourth-order valence-corrected chi connectivity index (χ4v) is 10.2. The Kier molecular flexibility index (Phi) is 11.8. The van der Waals surface area contributed by atoms with E-state index in [0.29, 0.717) is 5.56 Å². The molecule has 3 fully saturated rings. The molecule has 0 radical (unpaired) electrons. The van der Waals surface area contributed by atoms with E-state index in [1.165, 1.54) is 26.0 Å². The monoisotopic (exact) mass is 853 g/mol. The normalized spacial score (nSPS) is 31.9. The molecule has 3 aromatic rings. The van der Waals surface area contributed by atoms with E-state index < -0.39 is 113 Å². The van der Waals surface area contributed by atoms with Gasteiger partial charge >= 0.3 is 23.9 Å². The van der Waals surface area contributed by atoms with Crippen molar-refractivity contribution in [2.24, 2.45) is 16.7 Å². The maximum Gasteiger partial charge on any atom is 0.338 e. The number of ketones is 1. The van der Waals surface area contributed by atoms with Gasteiger partial charge in [0.15, 0.2) is 23.6 Å². The van der Waals surface area contributed by atoms with Crippen LogP contribution in [0, 0.1) is 16.7 Å². The third kappa shape index (κ3) is 7.29. The Morgan fingerprint density at radius 2 is 1.40 bits per heavy atom. The van der Waals surface area contributed by atoms with Crippen molar-refractivity contribution < 1.29 is 67.8 Å². The molecule has 4 N–H and O–H groups in total. The van der Waals surface area contributed by atoms with Crippen molar-refractivity contribution in [1.29, 1.82) is 0 Å². The molecule has 4 aliphatic rings. The van der Waals surface area contributed by atoms with Gasteiger partial charge in [-0.25, -0.2) is 9.59 Å². The first-order valence-corrected chi connectivity index (χ1v) is 20.5. The second-order valence-electron chi connectivity index (χ2n) is 17.4. The number of nitrogens with one attached hydrogen (secondary N) is 1. The van der Waals surface area contributed by atoms with Gasteiger partial charge in [-0.2, -0.15) is 0 Å². The molecule has 0 aromatic heterocycles. The molecule has 2 saturated carbocycles. The first-order valence-electron chi connectivity index (χ1n) is 20.5. The van der Waals surface area contributed by atoms with Gasteiger partial charge in [-0.15, -0.1) is 0 Å². The topological polar surface area (TPSA) is 221 Å². The molecule has 7 rings (SSSR count). The van der Waals surface area contributed by atoms with Gasteiger partial charge < -0.3 is 44.3 Å². The highest BCUT2D eigenvalue weighted by atomic mass is 16.6. The summed E-state index contributed by atoms with van der Waals surface area (Å²) in [7, 11) is 0. The minimum atomic E-state index is -2.39. The SMILES string of the molecule is CC(=O)O[C@H]1C(=O)[C@@]2(C)C(C(OC(=O)c3ccccc3)[C@]3(O)CC(OC(=O)[C@H](O)C(NC(=O)c4ccccc4)c4ccccc4)C(C)=C1C3(C)C)[C@]1(OC(C)=O)CO[C@@H]1C[C@@H]2O. The molecule has 4 unspecified atom stereocenters. The zero-order valence-electron chi connectivity index (χ0n) is 35.2. The van der Waals surface area contributed by atoms with Gasteiger partial charge in [0.2, 0.25) is 0 Å². The summed E-state index contributed by atoms with van der Waals surface area (Å²) in [6, 6.07) is 22.9. The average Bonchev–Trinajstić information content (AvgIpc) is 3.24. The summed E-state index contributed by atoms with van der Waals surface area (Å²) < 4.78 is 30.3.